The van der Waals surface area contributed by atoms with E-state index in [1.165, 1.54) is 71.1 Å². The first-order valence-corrected chi connectivity index (χ1v) is 18.7. The van der Waals surface area contributed by atoms with Crippen LogP contribution >= 0.6 is 11.3 Å². The Morgan fingerprint density at radius 1 is 0.500 bits per heavy atom. The Kier molecular flexibility index (Phi) is 6.17. The molecule has 3 nitrogen and oxygen atoms in total. The summed E-state index contributed by atoms with van der Waals surface area (Å²) in [5.41, 5.74) is 17.0. The van der Waals surface area contributed by atoms with E-state index in [1.54, 1.807) is 11.3 Å². The molecule has 0 unspecified atom stereocenters. The number of thiazole rings is 1. The van der Waals surface area contributed by atoms with Crippen LogP contribution in [-0.2, 0) is 5.41 Å². The van der Waals surface area contributed by atoms with Gasteiger partial charge in [-0.25, -0.2) is 4.98 Å². The Balaban J connectivity index is 1.11. The predicted octanol–water partition coefficient (Wildman–Crippen LogP) is 13.0. The van der Waals surface area contributed by atoms with Crippen LogP contribution in [-0.4, -0.2) is 14.0 Å². The van der Waals surface area contributed by atoms with E-state index < -0.39 is 0 Å². The zero-order valence-corrected chi connectivity index (χ0v) is 29.7. The number of hydrogen-bond donors (Lipinski definition) is 0. The van der Waals surface area contributed by atoms with E-state index in [4.69, 9.17) is 4.98 Å². The van der Waals surface area contributed by atoms with Crippen molar-refractivity contribution < 1.29 is 0 Å². The maximum absolute atomic E-state index is 5.41. The maximum Gasteiger partial charge on any atom is 0.195 e. The van der Waals surface area contributed by atoms with Gasteiger partial charge in [-0.1, -0.05) is 140 Å². The molecule has 0 saturated heterocycles. The third kappa shape index (κ3) is 4.16. The Morgan fingerprint density at radius 3 is 2.04 bits per heavy atom. The maximum atomic E-state index is 5.41. The third-order valence-corrected chi connectivity index (χ3v) is 12.2. The molecule has 0 aliphatic heterocycles. The van der Waals surface area contributed by atoms with E-state index in [2.05, 4.69) is 187 Å². The number of para-hydroxylation sites is 2. The van der Waals surface area contributed by atoms with Gasteiger partial charge >= 0.3 is 0 Å². The van der Waals surface area contributed by atoms with Crippen LogP contribution in [0.3, 0.4) is 0 Å². The number of benzene rings is 7. The molecule has 0 spiro atoms. The molecule has 7 aromatic carbocycles. The fourth-order valence-electron chi connectivity index (χ4n) is 8.67. The third-order valence-electron chi connectivity index (χ3n) is 11.2. The van der Waals surface area contributed by atoms with Gasteiger partial charge in [-0.15, -0.1) is 0 Å². The molecule has 246 valence electrons. The minimum Gasteiger partial charge on any atom is -0.309 e. The lowest BCUT2D eigenvalue weighted by Crippen LogP contribution is -2.14. The smallest absolute Gasteiger partial charge is 0.195 e. The molecule has 3 heterocycles. The van der Waals surface area contributed by atoms with Gasteiger partial charge in [0.2, 0.25) is 0 Å². The summed E-state index contributed by atoms with van der Waals surface area (Å²) in [6.45, 7) is 4.69. The topological polar surface area (TPSA) is 22.2 Å². The lowest BCUT2D eigenvalue weighted by atomic mass is 9.82. The molecule has 11 rings (SSSR count). The van der Waals surface area contributed by atoms with Gasteiger partial charge in [0.05, 0.1) is 32.6 Å². The molecule has 52 heavy (non-hydrogen) atoms. The molecule has 0 fully saturated rings. The predicted molar refractivity (Wildman–Crippen MR) is 219 cm³/mol. The number of aromatic nitrogens is 3. The lowest BCUT2D eigenvalue weighted by Gasteiger charge is -2.21. The largest absolute Gasteiger partial charge is 0.309 e. The first-order valence-electron chi connectivity index (χ1n) is 17.9. The Morgan fingerprint density at radius 2 is 1.17 bits per heavy atom. The van der Waals surface area contributed by atoms with Crippen LogP contribution in [0.4, 0.5) is 0 Å². The van der Waals surface area contributed by atoms with E-state index in [-0.39, 0.29) is 5.41 Å². The van der Waals surface area contributed by atoms with Crippen LogP contribution in [0.1, 0.15) is 25.0 Å². The quantitative estimate of drug-likeness (QED) is 0.181. The van der Waals surface area contributed by atoms with Crippen LogP contribution in [0.2, 0.25) is 0 Å². The molecule has 4 heteroatoms. The average Bonchev–Trinajstić information content (AvgIpc) is 3.91. The molecule has 0 N–H and O–H groups in total. The Bertz CT molecular complexity index is 3030. The van der Waals surface area contributed by atoms with Crippen molar-refractivity contribution in [1.29, 1.82) is 0 Å². The Hall–Kier alpha value is -6.23. The van der Waals surface area contributed by atoms with Crippen LogP contribution < -0.4 is 0 Å². The van der Waals surface area contributed by atoms with E-state index >= 15 is 0 Å². The summed E-state index contributed by atoms with van der Waals surface area (Å²) in [7, 11) is 0. The standard InChI is InChI=1S/C48H33N3S/c1-48(2)39-19-11-9-17-35(39)36-24-21-33(28-40(36)48)45-46(30-13-5-3-6-14-30)51-43-29-32(23-26-44(43)52-47(51)49-45)31-22-25-42-38(27-31)37-18-10-12-20-41(37)50(42)34-15-7-4-8-16-34/h3-29H,1-2H3. The summed E-state index contributed by atoms with van der Waals surface area (Å²) < 4.78 is 5.99. The van der Waals surface area contributed by atoms with Gasteiger partial charge in [0.25, 0.3) is 0 Å². The fraction of sp³-hybridized carbons (Fsp3) is 0.0625. The monoisotopic (exact) mass is 683 g/mol. The summed E-state index contributed by atoms with van der Waals surface area (Å²) in [6, 6.07) is 59.8. The van der Waals surface area contributed by atoms with Crippen molar-refractivity contribution in [3.8, 4) is 50.5 Å². The molecular weight excluding hydrogens is 651 g/mol. The van der Waals surface area contributed by atoms with Crippen molar-refractivity contribution in [1.82, 2.24) is 14.0 Å². The van der Waals surface area contributed by atoms with Gasteiger partial charge in [-0.3, -0.25) is 4.40 Å². The van der Waals surface area contributed by atoms with Gasteiger partial charge < -0.3 is 4.57 Å². The second kappa shape index (κ2) is 10.9. The molecule has 0 bridgehead atoms. The summed E-state index contributed by atoms with van der Waals surface area (Å²) in [6.07, 6.45) is 0. The highest BCUT2D eigenvalue weighted by Gasteiger charge is 2.35. The van der Waals surface area contributed by atoms with Gasteiger partial charge in [0, 0.05) is 33.0 Å². The number of hydrogen-bond acceptors (Lipinski definition) is 2. The minimum atomic E-state index is -0.0813. The molecule has 0 radical (unpaired) electrons. The van der Waals surface area contributed by atoms with Gasteiger partial charge in [0.1, 0.15) is 0 Å². The van der Waals surface area contributed by atoms with Crippen molar-refractivity contribution in [3.05, 3.63) is 175 Å². The van der Waals surface area contributed by atoms with E-state index in [9.17, 15) is 0 Å². The van der Waals surface area contributed by atoms with Crippen molar-refractivity contribution in [2.75, 3.05) is 0 Å². The molecule has 10 aromatic rings. The van der Waals surface area contributed by atoms with E-state index in [0.717, 1.165) is 27.5 Å². The lowest BCUT2D eigenvalue weighted by molar-refractivity contribution is 0.660. The fourth-order valence-corrected chi connectivity index (χ4v) is 9.68. The minimum absolute atomic E-state index is 0.0813. The number of fused-ring (bicyclic) bond motifs is 9. The molecule has 1 aliphatic rings. The van der Waals surface area contributed by atoms with Crippen molar-refractivity contribution in [2.45, 2.75) is 19.3 Å². The number of rotatable bonds is 4. The molecular formula is C48H33N3S. The van der Waals surface area contributed by atoms with Crippen molar-refractivity contribution >= 4 is 48.3 Å². The van der Waals surface area contributed by atoms with Crippen molar-refractivity contribution in [2.24, 2.45) is 0 Å². The van der Waals surface area contributed by atoms with Crippen molar-refractivity contribution in [3.63, 3.8) is 0 Å². The summed E-state index contributed by atoms with van der Waals surface area (Å²) in [4.78, 5) is 6.41. The molecule has 0 saturated carbocycles. The van der Waals surface area contributed by atoms with Crippen LogP contribution in [0.25, 0.3) is 87.4 Å². The number of imidazole rings is 1. The van der Waals surface area contributed by atoms with Gasteiger partial charge in [0.15, 0.2) is 4.96 Å². The molecule has 0 atom stereocenters. The molecule has 0 amide bonds. The second-order valence-corrected chi connectivity index (χ2v) is 15.4. The summed E-state index contributed by atoms with van der Waals surface area (Å²) in [5.74, 6) is 0. The first kappa shape index (κ1) is 29.5. The van der Waals surface area contributed by atoms with E-state index in [0.29, 0.717) is 0 Å². The average molecular weight is 684 g/mol. The second-order valence-electron chi connectivity index (χ2n) is 14.4. The summed E-state index contributed by atoms with van der Waals surface area (Å²) >= 11 is 1.76. The molecule has 1 aliphatic carbocycles. The highest BCUT2D eigenvalue weighted by molar-refractivity contribution is 7.23. The first-order chi connectivity index (χ1) is 25.5. The zero-order valence-electron chi connectivity index (χ0n) is 28.8. The number of nitrogens with zero attached hydrogens (tertiary/aromatic N) is 3. The Labute approximate surface area is 305 Å². The van der Waals surface area contributed by atoms with Gasteiger partial charge in [-0.05, 0) is 81.9 Å². The van der Waals surface area contributed by atoms with Crippen LogP contribution in [0.5, 0.6) is 0 Å². The van der Waals surface area contributed by atoms with Gasteiger partial charge in [-0.2, -0.15) is 0 Å². The molecule has 3 aromatic heterocycles. The van der Waals surface area contributed by atoms with E-state index in [1.807, 2.05) is 0 Å². The van der Waals surface area contributed by atoms with Crippen LogP contribution in [0.15, 0.2) is 164 Å². The highest BCUT2D eigenvalue weighted by atomic mass is 32.1. The highest BCUT2D eigenvalue weighted by Crippen LogP contribution is 2.50. The van der Waals surface area contributed by atoms with Crippen LogP contribution in [0, 0.1) is 0 Å². The zero-order chi connectivity index (χ0) is 34.6. The SMILES string of the molecule is CC1(C)c2ccccc2-c2ccc(-c3nc4sc5ccc(-c6ccc7c(c6)c6ccccc6n7-c6ccccc6)cc5n4c3-c3ccccc3)cc21. The summed E-state index contributed by atoms with van der Waals surface area (Å²) in [5, 5.41) is 2.51. The normalized spacial score (nSPS) is 13.3.